The second-order valence-corrected chi connectivity index (χ2v) is 4.45. The summed E-state index contributed by atoms with van der Waals surface area (Å²) in [6.45, 7) is 7.36. The van der Waals surface area contributed by atoms with Crippen LogP contribution < -0.4 is 10.9 Å². The standard InChI is InChI=1S/C12H20N4O2/c1-10-14-11(9-12(17)15-10)13-3-2-4-16-5-7-18-8-6-16/h9H,2-8H2,1H3,(H2,13,14,15,17). The SMILES string of the molecule is Cc1nc(NCCCN2CCOCC2)cc(=O)[nH]1. The zero-order chi connectivity index (χ0) is 12.8. The topological polar surface area (TPSA) is 70.2 Å². The average Bonchev–Trinajstić information content (AvgIpc) is 2.35. The third-order valence-corrected chi connectivity index (χ3v) is 2.92. The van der Waals surface area contributed by atoms with E-state index in [0.29, 0.717) is 11.6 Å². The van der Waals surface area contributed by atoms with Crippen LogP contribution in [0.4, 0.5) is 5.82 Å². The van der Waals surface area contributed by atoms with Crippen LogP contribution in [-0.2, 0) is 4.74 Å². The quantitative estimate of drug-likeness (QED) is 0.733. The second-order valence-electron chi connectivity index (χ2n) is 4.45. The molecule has 6 nitrogen and oxygen atoms in total. The molecule has 2 heterocycles. The lowest BCUT2D eigenvalue weighted by atomic mass is 10.3. The minimum Gasteiger partial charge on any atom is -0.379 e. The highest BCUT2D eigenvalue weighted by molar-refractivity contribution is 5.32. The number of ether oxygens (including phenoxy) is 1. The molecule has 0 saturated carbocycles. The zero-order valence-electron chi connectivity index (χ0n) is 10.7. The minimum atomic E-state index is -0.113. The largest absolute Gasteiger partial charge is 0.379 e. The summed E-state index contributed by atoms with van der Waals surface area (Å²) in [6, 6.07) is 1.49. The highest BCUT2D eigenvalue weighted by atomic mass is 16.5. The maximum Gasteiger partial charge on any atom is 0.252 e. The Kier molecular flexibility index (Phi) is 4.72. The van der Waals surface area contributed by atoms with Crippen molar-refractivity contribution in [3.8, 4) is 0 Å². The number of hydrogen-bond donors (Lipinski definition) is 2. The number of aryl methyl sites for hydroxylation is 1. The molecular weight excluding hydrogens is 232 g/mol. The van der Waals surface area contributed by atoms with E-state index < -0.39 is 0 Å². The molecule has 0 amide bonds. The van der Waals surface area contributed by atoms with Gasteiger partial charge < -0.3 is 15.0 Å². The molecular formula is C12H20N4O2. The van der Waals surface area contributed by atoms with Crippen LogP contribution in [0.5, 0.6) is 0 Å². The van der Waals surface area contributed by atoms with Crippen LogP contribution in [0.1, 0.15) is 12.2 Å². The first kappa shape index (κ1) is 13.0. The Labute approximate surface area is 106 Å². The van der Waals surface area contributed by atoms with Gasteiger partial charge in [0.15, 0.2) is 0 Å². The maximum atomic E-state index is 11.2. The molecule has 0 aliphatic carbocycles. The number of anilines is 1. The normalized spacial score (nSPS) is 16.7. The van der Waals surface area contributed by atoms with Gasteiger partial charge in [-0.05, 0) is 19.9 Å². The van der Waals surface area contributed by atoms with Crippen molar-refractivity contribution in [3.63, 3.8) is 0 Å². The van der Waals surface area contributed by atoms with Crippen LogP contribution in [0.25, 0.3) is 0 Å². The Morgan fingerprint density at radius 3 is 3.00 bits per heavy atom. The van der Waals surface area contributed by atoms with Gasteiger partial charge in [0.2, 0.25) is 0 Å². The Balaban J connectivity index is 1.69. The van der Waals surface area contributed by atoms with E-state index in [1.165, 1.54) is 6.07 Å². The molecule has 0 spiro atoms. The molecule has 1 aromatic heterocycles. The minimum absolute atomic E-state index is 0.113. The molecule has 2 N–H and O–H groups in total. The molecule has 6 heteroatoms. The van der Waals surface area contributed by atoms with Gasteiger partial charge >= 0.3 is 0 Å². The first-order valence-corrected chi connectivity index (χ1v) is 6.36. The molecule has 1 aliphatic rings. The Morgan fingerprint density at radius 1 is 1.50 bits per heavy atom. The van der Waals surface area contributed by atoms with Crippen LogP contribution in [-0.4, -0.2) is 54.3 Å². The van der Waals surface area contributed by atoms with Crippen LogP contribution >= 0.6 is 0 Å². The van der Waals surface area contributed by atoms with Crippen molar-refractivity contribution in [2.75, 3.05) is 44.7 Å². The smallest absolute Gasteiger partial charge is 0.252 e. The van der Waals surface area contributed by atoms with Crippen molar-refractivity contribution in [1.82, 2.24) is 14.9 Å². The Hall–Kier alpha value is -1.40. The van der Waals surface area contributed by atoms with Crippen LogP contribution in [0.2, 0.25) is 0 Å². The summed E-state index contributed by atoms with van der Waals surface area (Å²) in [5, 5.41) is 3.18. The number of nitrogens with one attached hydrogen (secondary N) is 2. The van der Waals surface area contributed by atoms with Gasteiger partial charge in [-0.3, -0.25) is 9.69 Å². The van der Waals surface area contributed by atoms with Gasteiger partial charge in [0.25, 0.3) is 5.56 Å². The highest BCUT2D eigenvalue weighted by Gasteiger charge is 2.09. The van der Waals surface area contributed by atoms with E-state index >= 15 is 0 Å². The molecule has 2 rings (SSSR count). The molecule has 100 valence electrons. The fourth-order valence-electron chi connectivity index (χ4n) is 2.01. The van der Waals surface area contributed by atoms with Crippen molar-refractivity contribution >= 4 is 5.82 Å². The lowest BCUT2D eigenvalue weighted by molar-refractivity contribution is 0.0378. The summed E-state index contributed by atoms with van der Waals surface area (Å²) >= 11 is 0. The first-order valence-electron chi connectivity index (χ1n) is 6.36. The molecule has 1 saturated heterocycles. The molecule has 0 unspecified atom stereocenters. The van der Waals surface area contributed by atoms with Crippen molar-refractivity contribution in [2.24, 2.45) is 0 Å². The van der Waals surface area contributed by atoms with Crippen molar-refractivity contribution in [1.29, 1.82) is 0 Å². The van der Waals surface area contributed by atoms with Gasteiger partial charge in [0, 0.05) is 25.7 Å². The molecule has 0 aromatic carbocycles. The van der Waals surface area contributed by atoms with Gasteiger partial charge in [-0.2, -0.15) is 0 Å². The van der Waals surface area contributed by atoms with E-state index in [0.717, 1.165) is 45.8 Å². The number of H-pyrrole nitrogens is 1. The van der Waals surface area contributed by atoms with Crippen molar-refractivity contribution < 1.29 is 4.74 Å². The van der Waals surface area contributed by atoms with Gasteiger partial charge in [-0.1, -0.05) is 0 Å². The van der Waals surface area contributed by atoms with E-state index in [1.807, 2.05) is 0 Å². The summed E-state index contributed by atoms with van der Waals surface area (Å²) in [5.74, 6) is 1.29. The molecule has 0 radical (unpaired) electrons. The van der Waals surface area contributed by atoms with Gasteiger partial charge in [-0.25, -0.2) is 4.98 Å². The summed E-state index contributed by atoms with van der Waals surface area (Å²) in [5.41, 5.74) is -0.113. The molecule has 0 atom stereocenters. The summed E-state index contributed by atoms with van der Waals surface area (Å²) in [7, 11) is 0. The summed E-state index contributed by atoms with van der Waals surface area (Å²) < 4.78 is 5.30. The Bertz CT molecular complexity index is 426. The van der Waals surface area contributed by atoms with Crippen LogP contribution in [0.15, 0.2) is 10.9 Å². The predicted octanol–water partition coefficient (Wildman–Crippen LogP) is 0.213. The third-order valence-electron chi connectivity index (χ3n) is 2.92. The fourth-order valence-corrected chi connectivity index (χ4v) is 2.01. The molecule has 0 bridgehead atoms. The summed E-state index contributed by atoms with van der Waals surface area (Å²) in [6.07, 6.45) is 1.04. The van der Waals surface area contributed by atoms with E-state index in [1.54, 1.807) is 6.92 Å². The average molecular weight is 252 g/mol. The predicted molar refractivity (Wildman–Crippen MR) is 70.0 cm³/mol. The van der Waals surface area contributed by atoms with Gasteiger partial charge in [-0.15, -0.1) is 0 Å². The number of nitrogens with zero attached hydrogens (tertiary/aromatic N) is 2. The number of aromatic amines is 1. The number of aromatic nitrogens is 2. The molecule has 18 heavy (non-hydrogen) atoms. The van der Waals surface area contributed by atoms with Crippen molar-refractivity contribution in [3.05, 3.63) is 22.2 Å². The number of hydrogen-bond acceptors (Lipinski definition) is 5. The monoisotopic (exact) mass is 252 g/mol. The van der Waals surface area contributed by atoms with E-state index in [4.69, 9.17) is 4.74 Å². The molecule has 1 aromatic rings. The lowest BCUT2D eigenvalue weighted by Gasteiger charge is -2.26. The first-order chi connectivity index (χ1) is 8.74. The number of morpholine rings is 1. The Morgan fingerprint density at radius 2 is 2.28 bits per heavy atom. The maximum absolute atomic E-state index is 11.2. The second kappa shape index (κ2) is 6.51. The van der Waals surface area contributed by atoms with Crippen LogP contribution in [0.3, 0.4) is 0 Å². The summed E-state index contributed by atoms with van der Waals surface area (Å²) in [4.78, 5) is 20.5. The van der Waals surface area contributed by atoms with Crippen molar-refractivity contribution in [2.45, 2.75) is 13.3 Å². The van der Waals surface area contributed by atoms with Gasteiger partial charge in [0.05, 0.1) is 13.2 Å². The van der Waals surface area contributed by atoms with Gasteiger partial charge in [0.1, 0.15) is 11.6 Å². The van der Waals surface area contributed by atoms with E-state index in [-0.39, 0.29) is 5.56 Å². The molecule has 1 fully saturated rings. The molecule has 1 aliphatic heterocycles. The fraction of sp³-hybridized carbons (Fsp3) is 0.667. The lowest BCUT2D eigenvalue weighted by Crippen LogP contribution is -2.37. The highest BCUT2D eigenvalue weighted by Crippen LogP contribution is 2.00. The van der Waals surface area contributed by atoms with E-state index in [9.17, 15) is 4.79 Å². The number of rotatable bonds is 5. The van der Waals surface area contributed by atoms with E-state index in [2.05, 4.69) is 20.2 Å². The zero-order valence-corrected chi connectivity index (χ0v) is 10.7. The third kappa shape index (κ3) is 4.12. The van der Waals surface area contributed by atoms with Crippen LogP contribution in [0, 0.1) is 6.92 Å².